The highest BCUT2D eigenvalue weighted by molar-refractivity contribution is 5.48. The molecular formula is C19H30O. The Balaban J connectivity index is 2.49. The first-order valence-corrected chi connectivity index (χ1v) is 7.75. The summed E-state index contributed by atoms with van der Waals surface area (Å²) in [6.45, 7) is 16.2. The monoisotopic (exact) mass is 274 g/mol. The minimum Gasteiger partial charge on any atom is -0.508 e. The Morgan fingerprint density at radius 2 is 1.65 bits per heavy atom. The lowest BCUT2D eigenvalue weighted by molar-refractivity contribution is 0.281. The maximum atomic E-state index is 10.1. The van der Waals surface area contributed by atoms with Crippen LogP contribution in [0.25, 0.3) is 0 Å². The van der Waals surface area contributed by atoms with Gasteiger partial charge in [-0.25, -0.2) is 0 Å². The van der Waals surface area contributed by atoms with Gasteiger partial charge in [0.05, 0.1) is 0 Å². The van der Waals surface area contributed by atoms with Gasteiger partial charge in [-0.05, 0) is 64.3 Å². The molecule has 1 aromatic rings. The summed E-state index contributed by atoms with van der Waals surface area (Å²) in [5, 5.41) is 10.1. The van der Waals surface area contributed by atoms with Gasteiger partial charge in [0.2, 0.25) is 0 Å². The van der Waals surface area contributed by atoms with Crippen LogP contribution in [0.4, 0.5) is 0 Å². The van der Waals surface area contributed by atoms with E-state index in [4.69, 9.17) is 0 Å². The maximum Gasteiger partial charge on any atom is 0.116 e. The number of fused-ring (bicyclic) bond motifs is 1. The Hall–Kier alpha value is -0.980. The molecule has 0 aromatic heterocycles. The van der Waals surface area contributed by atoms with Crippen molar-refractivity contribution in [3.63, 3.8) is 0 Å². The standard InChI is InChI=1S/C19H30O/c1-17(2,3)12-19(6,7)16-9-14(20)8-13-10-18(4,5)11-15(13)16/h8-9,20H,10-12H2,1-7H3. The number of phenolic OH excluding ortho intramolecular Hbond substituents is 1. The largest absolute Gasteiger partial charge is 0.508 e. The average Bonchev–Trinajstić information content (AvgIpc) is 2.46. The van der Waals surface area contributed by atoms with Gasteiger partial charge in [0, 0.05) is 0 Å². The Bertz CT molecular complexity index is 515. The number of rotatable bonds is 2. The molecule has 1 aliphatic carbocycles. The second-order valence-corrected chi connectivity index (χ2v) is 9.27. The minimum absolute atomic E-state index is 0.0987. The molecule has 20 heavy (non-hydrogen) atoms. The third-order valence-electron chi connectivity index (χ3n) is 4.35. The molecule has 0 saturated heterocycles. The molecule has 0 amide bonds. The van der Waals surface area contributed by atoms with E-state index in [2.05, 4.69) is 48.5 Å². The van der Waals surface area contributed by atoms with E-state index in [-0.39, 0.29) is 10.8 Å². The average molecular weight is 274 g/mol. The van der Waals surface area contributed by atoms with E-state index in [0.717, 1.165) is 19.3 Å². The molecule has 0 aliphatic heterocycles. The summed E-state index contributed by atoms with van der Waals surface area (Å²) in [5.41, 5.74) is 4.90. The van der Waals surface area contributed by atoms with Crippen LogP contribution in [0.15, 0.2) is 12.1 Å². The van der Waals surface area contributed by atoms with Gasteiger partial charge in [0.1, 0.15) is 5.75 Å². The highest BCUT2D eigenvalue weighted by Crippen LogP contribution is 2.46. The van der Waals surface area contributed by atoms with Crippen LogP contribution in [0.2, 0.25) is 0 Å². The van der Waals surface area contributed by atoms with Gasteiger partial charge >= 0.3 is 0 Å². The summed E-state index contributed by atoms with van der Waals surface area (Å²) in [4.78, 5) is 0. The fourth-order valence-electron chi connectivity index (χ4n) is 4.16. The fourth-order valence-corrected chi connectivity index (χ4v) is 4.16. The van der Waals surface area contributed by atoms with Crippen molar-refractivity contribution in [2.45, 2.75) is 73.1 Å². The molecule has 0 spiro atoms. The number of phenols is 1. The zero-order chi connectivity index (χ0) is 15.3. The number of hydrogen-bond donors (Lipinski definition) is 1. The van der Waals surface area contributed by atoms with E-state index in [1.54, 1.807) is 0 Å². The van der Waals surface area contributed by atoms with Gasteiger partial charge in [0.25, 0.3) is 0 Å². The predicted octanol–water partition coefficient (Wildman–Crippen LogP) is 5.23. The van der Waals surface area contributed by atoms with E-state index in [1.165, 1.54) is 16.7 Å². The van der Waals surface area contributed by atoms with Crippen LogP contribution in [0.5, 0.6) is 5.75 Å². The maximum absolute atomic E-state index is 10.1. The topological polar surface area (TPSA) is 20.2 Å². The fraction of sp³-hybridized carbons (Fsp3) is 0.684. The summed E-state index contributed by atoms with van der Waals surface area (Å²) < 4.78 is 0. The zero-order valence-electron chi connectivity index (χ0n) is 14.2. The molecule has 2 rings (SSSR count). The summed E-state index contributed by atoms with van der Waals surface area (Å²) in [6, 6.07) is 3.98. The van der Waals surface area contributed by atoms with Crippen molar-refractivity contribution in [3.8, 4) is 5.75 Å². The molecule has 0 heterocycles. The van der Waals surface area contributed by atoms with Gasteiger partial charge < -0.3 is 5.11 Å². The van der Waals surface area contributed by atoms with E-state index >= 15 is 0 Å². The normalized spacial score (nSPS) is 18.1. The summed E-state index contributed by atoms with van der Waals surface area (Å²) in [7, 11) is 0. The lowest BCUT2D eigenvalue weighted by Gasteiger charge is -2.34. The SMILES string of the molecule is CC(C)(C)CC(C)(C)c1cc(O)cc2c1CC(C)(C)C2. The van der Waals surface area contributed by atoms with E-state index in [0.29, 0.717) is 11.2 Å². The van der Waals surface area contributed by atoms with Crippen molar-refractivity contribution in [3.05, 3.63) is 28.8 Å². The lowest BCUT2D eigenvalue weighted by atomic mass is 9.70. The molecule has 0 fully saturated rings. The molecule has 1 N–H and O–H groups in total. The first-order chi connectivity index (χ1) is 8.90. The van der Waals surface area contributed by atoms with Crippen LogP contribution in [0.1, 0.15) is 71.6 Å². The third kappa shape index (κ3) is 3.19. The molecule has 1 aliphatic rings. The molecule has 0 unspecified atom stereocenters. The summed E-state index contributed by atoms with van der Waals surface area (Å²) >= 11 is 0. The first-order valence-electron chi connectivity index (χ1n) is 7.75. The van der Waals surface area contributed by atoms with Gasteiger partial charge in [-0.15, -0.1) is 0 Å². The summed E-state index contributed by atoms with van der Waals surface area (Å²) in [5.74, 6) is 0.429. The van der Waals surface area contributed by atoms with Gasteiger partial charge in [0.15, 0.2) is 0 Å². The highest BCUT2D eigenvalue weighted by Gasteiger charge is 2.36. The Kier molecular flexibility index (Phi) is 3.48. The molecular weight excluding hydrogens is 244 g/mol. The third-order valence-corrected chi connectivity index (χ3v) is 4.35. The van der Waals surface area contributed by atoms with Crippen molar-refractivity contribution >= 4 is 0 Å². The molecule has 0 bridgehead atoms. The van der Waals surface area contributed by atoms with Crippen LogP contribution in [-0.4, -0.2) is 5.11 Å². The lowest BCUT2D eigenvalue weighted by Crippen LogP contribution is -2.26. The quantitative estimate of drug-likeness (QED) is 0.783. The molecule has 1 aromatic carbocycles. The smallest absolute Gasteiger partial charge is 0.116 e. The second kappa shape index (κ2) is 4.51. The minimum atomic E-state index is 0.0987. The van der Waals surface area contributed by atoms with Gasteiger partial charge in [-0.3, -0.25) is 0 Å². The zero-order valence-corrected chi connectivity index (χ0v) is 14.2. The van der Waals surface area contributed by atoms with Crippen LogP contribution in [0.3, 0.4) is 0 Å². The van der Waals surface area contributed by atoms with Crippen molar-refractivity contribution in [2.75, 3.05) is 0 Å². The van der Waals surface area contributed by atoms with Gasteiger partial charge in [-0.1, -0.05) is 48.5 Å². The number of benzene rings is 1. The number of hydrogen-bond acceptors (Lipinski definition) is 1. The van der Waals surface area contributed by atoms with Crippen molar-refractivity contribution in [1.29, 1.82) is 0 Å². The Morgan fingerprint density at radius 1 is 1.05 bits per heavy atom. The molecule has 112 valence electrons. The molecule has 0 radical (unpaired) electrons. The van der Waals surface area contributed by atoms with Crippen molar-refractivity contribution in [1.82, 2.24) is 0 Å². The molecule has 0 atom stereocenters. The predicted molar refractivity (Wildman–Crippen MR) is 86.4 cm³/mol. The first kappa shape index (κ1) is 15.4. The van der Waals surface area contributed by atoms with E-state index in [1.807, 2.05) is 12.1 Å². The molecule has 1 heteroatoms. The van der Waals surface area contributed by atoms with Gasteiger partial charge in [-0.2, -0.15) is 0 Å². The van der Waals surface area contributed by atoms with Crippen molar-refractivity contribution < 1.29 is 5.11 Å². The van der Waals surface area contributed by atoms with Crippen LogP contribution >= 0.6 is 0 Å². The summed E-state index contributed by atoms with van der Waals surface area (Å²) in [6.07, 6.45) is 3.33. The van der Waals surface area contributed by atoms with Crippen LogP contribution < -0.4 is 0 Å². The Labute approximate surface area is 124 Å². The molecule has 1 nitrogen and oxygen atoms in total. The second-order valence-electron chi connectivity index (χ2n) is 9.27. The Morgan fingerprint density at radius 3 is 2.20 bits per heavy atom. The van der Waals surface area contributed by atoms with Crippen LogP contribution in [-0.2, 0) is 18.3 Å². The van der Waals surface area contributed by atoms with Crippen molar-refractivity contribution in [2.24, 2.45) is 10.8 Å². The van der Waals surface area contributed by atoms with E-state index < -0.39 is 0 Å². The van der Waals surface area contributed by atoms with E-state index in [9.17, 15) is 5.11 Å². The molecule has 0 saturated carbocycles. The highest BCUT2D eigenvalue weighted by atomic mass is 16.3. The van der Waals surface area contributed by atoms with Crippen LogP contribution in [0, 0.1) is 10.8 Å². The number of aromatic hydroxyl groups is 1.